The third-order valence-corrected chi connectivity index (χ3v) is 15.2. The van der Waals surface area contributed by atoms with Crippen molar-refractivity contribution in [1.29, 1.82) is 0 Å². The molecule has 7 nitrogen and oxygen atoms in total. The van der Waals surface area contributed by atoms with E-state index in [0.717, 1.165) is 65.3 Å². The molecule has 0 fully saturated rings. The largest absolute Gasteiger partial charge is 0.330 e. The first-order chi connectivity index (χ1) is 26.9. The average molecular weight is 848 g/mol. The summed E-state index contributed by atoms with van der Waals surface area (Å²) < 4.78 is 7.41. The molecular weight excluding hydrogens is 746 g/mol. The summed E-state index contributed by atoms with van der Waals surface area (Å²) in [5, 5.41) is 10.8. The van der Waals surface area contributed by atoms with Gasteiger partial charge in [0.1, 0.15) is 0 Å². The molecule has 0 aromatic rings. The molecule has 0 aliphatic carbocycles. The Bertz CT molecular complexity index is 820. The molecule has 10 heteroatoms. The van der Waals surface area contributed by atoms with Crippen LogP contribution in [0.3, 0.4) is 0 Å². The van der Waals surface area contributed by atoms with Crippen LogP contribution in [0.2, 0.25) is 0 Å². The van der Waals surface area contributed by atoms with Gasteiger partial charge in [-0.2, -0.15) is 0 Å². The van der Waals surface area contributed by atoms with Gasteiger partial charge in [-0.05, 0) is 191 Å². The first-order valence-corrected chi connectivity index (χ1v) is 27.9. The van der Waals surface area contributed by atoms with Gasteiger partial charge >= 0.3 is 0 Å². The first-order valence-electron chi connectivity index (χ1n) is 23.8. The van der Waals surface area contributed by atoms with Crippen LogP contribution in [-0.4, -0.2) is 114 Å². The predicted molar refractivity (Wildman–Crippen MR) is 263 cm³/mol. The zero-order valence-corrected chi connectivity index (χ0v) is 41.9. The van der Waals surface area contributed by atoms with E-state index in [4.69, 9.17) is 5.73 Å². The van der Waals surface area contributed by atoms with Crippen LogP contribution in [0, 0.1) is 16.2 Å². The van der Waals surface area contributed by atoms with Gasteiger partial charge in [-0.25, -0.2) is 0 Å². The number of unbranched alkanes of at least 4 members (excludes halogenated alkanes) is 4. The van der Waals surface area contributed by atoms with Gasteiger partial charge in [0, 0.05) is 24.6 Å². The normalized spacial score (nSPS) is 13.3. The summed E-state index contributed by atoms with van der Waals surface area (Å²) in [4.78, 5) is 2.72. The second-order valence-electron chi connectivity index (χ2n) is 19.3. The fourth-order valence-corrected chi connectivity index (χ4v) is 12.2. The molecule has 7 N–H and O–H groups in total. The number of hydrogen-bond acceptors (Lipinski definition) is 9. The van der Waals surface area contributed by atoms with Crippen LogP contribution in [0.25, 0.3) is 0 Å². The van der Waals surface area contributed by atoms with Crippen molar-refractivity contribution in [2.75, 3.05) is 109 Å². The third-order valence-electron chi connectivity index (χ3n) is 11.0. The Morgan fingerprint density at radius 2 is 0.946 bits per heavy atom. The fourth-order valence-electron chi connectivity index (χ4n) is 8.13. The molecule has 0 saturated heterocycles. The van der Waals surface area contributed by atoms with Crippen LogP contribution in [0.5, 0.6) is 0 Å². The van der Waals surface area contributed by atoms with E-state index in [-0.39, 0.29) is 7.92 Å². The Morgan fingerprint density at radius 1 is 0.500 bits per heavy atom. The zero-order chi connectivity index (χ0) is 41.6. The summed E-state index contributed by atoms with van der Waals surface area (Å²) in [6, 6.07) is 0. The lowest BCUT2D eigenvalue weighted by atomic mass is 9.71. The van der Waals surface area contributed by atoms with E-state index in [2.05, 4.69) is 92.3 Å². The summed E-state index contributed by atoms with van der Waals surface area (Å²) in [6.45, 7) is 35.3. The molecular formula is C46H102N7PS2. The highest BCUT2D eigenvalue weighted by Crippen LogP contribution is 2.42. The van der Waals surface area contributed by atoms with E-state index in [1.54, 1.807) is 0 Å². The Labute approximate surface area is 362 Å². The minimum Gasteiger partial charge on any atom is -0.330 e. The van der Waals surface area contributed by atoms with Crippen LogP contribution in [0.1, 0.15) is 171 Å². The van der Waals surface area contributed by atoms with E-state index in [1.807, 2.05) is 23.9 Å². The molecule has 0 heterocycles. The lowest BCUT2D eigenvalue weighted by Crippen LogP contribution is -2.32. The molecule has 0 aliphatic rings. The van der Waals surface area contributed by atoms with E-state index in [0.29, 0.717) is 16.2 Å². The predicted octanol–water partition coefficient (Wildman–Crippen LogP) is 10.7. The third kappa shape index (κ3) is 40.3. The number of nitrogens with zero attached hydrogens (tertiary/aromatic N) is 1. The quantitative estimate of drug-likeness (QED) is 0.0204. The zero-order valence-electron chi connectivity index (χ0n) is 39.3. The maximum absolute atomic E-state index is 5.56. The smallest absolute Gasteiger partial charge is 0.00788 e. The molecule has 0 aromatic heterocycles. The van der Waals surface area contributed by atoms with Gasteiger partial charge in [0.15, 0.2) is 0 Å². The summed E-state index contributed by atoms with van der Waals surface area (Å²) in [5.74, 6) is 2.45. The van der Waals surface area contributed by atoms with Crippen molar-refractivity contribution < 1.29 is 0 Å². The van der Waals surface area contributed by atoms with Crippen molar-refractivity contribution in [2.24, 2.45) is 22.0 Å². The minimum absolute atomic E-state index is 0.209. The molecule has 1 atom stereocenters. The van der Waals surface area contributed by atoms with Gasteiger partial charge in [-0.15, -0.1) is 7.92 Å². The molecule has 56 heavy (non-hydrogen) atoms. The Kier molecular flexibility index (Phi) is 39.3. The van der Waals surface area contributed by atoms with E-state index in [1.165, 1.54) is 153 Å². The summed E-state index contributed by atoms with van der Waals surface area (Å²) in [5.41, 5.74) is 6.95. The van der Waals surface area contributed by atoms with Gasteiger partial charge < -0.3 is 26.6 Å². The summed E-state index contributed by atoms with van der Waals surface area (Å²) in [6.07, 6.45) is 26.2. The molecule has 338 valence electrons. The topological polar surface area (TPSA) is 89.4 Å². The van der Waals surface area contributed by atoms with Crippen molar-refractivity contribution >= 4 is 31.8 Å². The van der Waals surface area contributed by atoms with E-state index >= 15 is 0 Å². The van der Waals surface area contributed by atoms with Crippen LogP contribution >= 0.6 is 31.8 Å². The van der Waals surface area contributed by atoms with Crippen LogP contribution < -0.4 is 31.1 Å². The van der Waals surface area contributed by atoms with E-state index < -0.39 is 0 Å². The highest BCUT2D eigenvalue weighted by molar-refractivity contribution is 7.97. The average Bonchev–Trinajstić information content (AvgIpc) is 3.13. The second kappa shape index (κ2) is 38.7. The van der Waals surface area contributed by atoms with Crippen LogP contribution in [0.15, 0.2) is 0 Å². The Balaban J connectivity index is 4.35. The fraction of sp³-hybridized carbons (Fsp3) is 1.00. The van der Waals surface area contributed by atoms with Crippen LogP contribution in [-0.2, 0) is 0 Å². The van der Waals surface area contributed by atoms with E-state index in [9.17, 15) is 0 Å². The second-order valence-corrected chi connectivity index (χ2v) is 23.7. The van der Waals surface area contributed by atoms with Crippen molar-refractivity contribution in [3.8, 4) is 0 Å². The molecule has 0 bridgehead atoms. The van der Waals surface area contributed by atoms with Crippen molar-refractivity contribution in [1.82, 2.24) is 30.3 Å². The molecule has 0 spiro atoms. The maximum atomic E-state index is 5.56. The van der Waals surface area contributed by atoms with Crippen molar-refractivity contribution in [3.05, 3.63) is 0 Å². The Morgan fingerprint density at radius 3 is 1.46 bits per heavy atom. The highest BCUT2D eigenvalue weighted by atomic mass is 32.2. The molecule has 1 unspecified atom stereocenters. The SMILES string of the molecule is CCCCCC(C)(C)CC(C)(C)CCCSNCCCN(CCCNCCCNCCCCNCCCN)CCCNSCCCC(C)(C)CP(C)CCCC. The lowest BCUT2D eigenvalue weighted by molar-refractivity contribution is 0.167. The Hall–Kier alpha value is 0.850. The maximum Gasteiger partial charge on any atom is 0.00788 e. The van der Waals surface area contributed by atoms with Crippen molar-refractivity contribution in [2.45, 2.75) is 171 Å². The van der Waals surface area contributed by atoms with Gasteiger partial charge in [0.05, 0.1) is 0 Å². The van der Waals surface area contributed by atoms with Gasteiger partial charge in [0.25, 0.3) is 0 Å². The monoisotopic (exact) mass is 848 g/mol. The number of rotatable bonds is 45. The number of nitrogens with one attached hydrogen (secondary N) is 5. The van der Waals surface area contributed by atoms with Gasteiger partial charge in [-0.1, -0.05) is 105 Å². The minimum atomic E-state index is 0.209. The first kappa shape index (κ1) is 56.9. The summed E-state index contributed by atoms with van der Waals surface area (Å²) >= 11 is 3.91. The van der Waals surface area contributed by atoms with Crippen molar-refractivity contribution in [3.63, 3.8) is 0 Å². The summed E-state index contributed by atoms with van der Waals surface area (Å²) in [7, 11) is 0.209. The highest BCUT2D eigenvalue weighted by Gasteiger charge is 2.28. The molecule has 0 aromatic carbocycles. The van der Waals surface area contributed by atoms with Gasteiger partial charge in [-0.3, -0.25) is 9.44 Å². The molecule has 0 amide bonds. The molecule has 0 radical (unpaired) electrons. The van der Waals surface area contributed by atoms with Crippen LogP contribution in [0.4, 0.5) is 0 Å². The molecule has 0 aliphatic heterocycles. The lowest BCUT2D eigenvalue weighted by Gasteiger charge is -2.35. The molecule has 0 saturated carbocycles. The molecule has 0 rings (SSSR count). The standard InChI is InChI=1S/C46H102N7PS2/c1-10-12-14-24-44(3,4)42-45(5,6)25-17-40-55-51-34-22-37-53(36-21-33-50-32-20-31-49-29-16-15-28-48-30-19-27-47)38-23-35-52-56-41-18-26-46(7,8)43-54(9)39-13-11-2/h48-52H,10-43,47H2,1-9H3. The number of nitrogens with two attached hydrogens (primary N) is 1. The van der Waals surface area contributed by atoms with Gasteiger partial charge in [0.2, 0.25) is 0 Å². The number of hydrogen-bond donors (Lipinski definition) is 6.